The van der Waals surface area contributed by atoms with Gasteiger partial charge in [0.25, 0.3) is 0 Å². The van der Waals surface area contributed by atoms with Crippen molar-refractivity contribution in [3.05, 3.63) is 53.9 Å². The van der Waals surface area contributed by atoms with Crippen LogP contribution in [0, 0.1) is 0 Å². The average molecular weight is 344 g/mol. The SMILES string of the molecule is CCCCC/C=C\CC(O)/C=C/c1cccc(/C=C\CCCCO)n1. The van der Waals surface area contributed by atoms with Gasteiger partial charge in [-0.15, -0.1) is 0 Å². The number of allylic oxidation sites excluding steroid dienone is 2. The lowest BCUT2D eigenvalue weighted by Crippen LogP contribution is -1.99. The van der Waals surface area contributed by atoms with Gasteiger partial charge in [0, 0.05) is 6.61 Å². The Morgan fingerprint density at radius 1 is 0.960 bits per heavy atom. The van der Waals surface area contributed by atoms with Gasteiger partial charge >= 0.3 is 0 Å². The fourth-order valence-electron chi connectivity index (χ4n) is 2.39. The smallest absolute Gasteiger partial charge is 0.0759 e. The average Bonchev–Trinajstić information content (AvgIpc) is 2.63. The van der Waals surface area contributed by atoms with Crippen LogP contribution >= 0.6 is 0 Å². The van der Waals surface area contributed by atoms with Gasteiger partial charge in [-0.3, -0.25) is 0 Å². The van der Waals surface area contributed by atoms with E-state index in [1.807, 2.05) is 30.4 Å². The number of aromatic nitrogens is 1. The Morgan fingerprint density at radius 2 is 1.68 bits per heavy atom. The van der Waals surface area contributed by atoms with Crippen LogP contribution in [0.3, 0.4) is 0 Å². The number of rotatable bonds is 13. The molecule has 0 aliphatic heterocycles. The predicted octanol–water partition coefficient (Wildman–Crippen LogP) is 5.16. The van der Waals surface area contributed by atoms with Crippen molar-refractivity contribution in [2.24, 2.45) is 0 Å². The molecule has 1 rings (SSSR count). The van der Waals surface area contributed by atoms with Crippen molar-refractivity contribution in [1.82, 2.24) is 4.98 Å². The maximum absolute atomic E-state index is 10.0. The lowest BCUT2D eigenvalue weighted by atomic mass is 10.1. The van der Waals surface area contributed by atoms with Gasteiger partial charge in [-0.05, 0) is 62.8 Å². The first-order chi connectivity index (χ1) is 12.3. The number of aliphatic hydroxyl groups is 2. The van der Waals surface area contributed by atoms with Gasteiger partial charge in [-0.1, -0.05) is 50.1 Å². The van der Waals surface area contributed by atoms with Crippen LogP contribution in [-0.2, 0) is 0 Å². The molecule has 0 saturated heterocycles. The summed E-state index contributed by atoms with van der Waals surface area (Å²) in [5, 5.41) is 18.8. The largest absolute Gasteiger partial charge is 0.396 e. The van der Waals surface area contributed by atoms with Crippen molar-refractivity contribution in [3.8, 4) is 0 Å². The highest BCUT2D eigenvalue weighted by Crippen LogP contribution is 2.07. The van der Waals surface area contributed by atoms with E-state index in [1.165, 1.54) is 19.3 Å². The van der Waals surface area contributed by atoms with Gasteiger partial charge in [-0.2, -0.15) is 0 Å². The molecular weight excluding hydrogens is 310 g/mol. The van der Waals surface area contributed by atoms with Gasteiger partial charge in [0.1, 0.15) is 0 Å². The number of pyridine rings is 1. The molecule has 1 unspecified atom stereocenters. The van der Waals surface area contributed by atoms with E-state index in [0.717, 1.165) is 37.1 Å². The molecule has 0 spiro atoms. The van der Waals surface area contributed by atoms with Crippen LogP contribution < -0.4 is 0 Å². The lowest BCUT2D eigenvalue weighted by molar-refractivity contribution is 0.227. The molecule has 25 heavy (non-hydrogen) atoms. The number of unbranched alkanes of at least 4 members (excludes halogenated alkanes) is 5. The van der Waals surface area contributed by atoms with Crippen molar-refractivity contribution < 1.29 is 10.2 Å². The highest BCUT2D eigenvalue weighted by molar-refractivity contribution is 5.51. The molecule has 3 heteroatoms. The molecule has 1 aromatic rings. The molecule has 138 valence electrons. The zero-order valence-corrected chi connectivity index (χ0v) is 15.5. The number of hydrogen-bond donors (Lipinski definition) is 2. The molecule has 0 amide bonds. The highest BCUT2D eigenvalue weighted by Gasteiger charge is 1.97. The first kappa shape index (κ1) is 21.3. The molecule has 1 heterocycles. The summed E-state index contributed by atoms with van der Waals surface area (Å²) in [6.45, 7) is 2.46. The first-order valence-electron chi connectivity index (χ1n) is 9.52. The van der Waals surface area contributed by atoms with E-state index in [1.54, 1.807) is 6.08 Å². The summed E-state index contributed by atoms with van der Waals surface area (Å²) in [5.41, 5.74) is 1.76. The Kier molecular flexibility index (Phi) is 12.5. The van der Waals surface area contributed by atoms with Crippen LogP contribution in [0.1, 0.15) is 69.7 Å². The predicted molar refractivity (Wildman–Crippen MR) is 107 cm³/mol. The third-order valence-electron chi connectivity index (χ3n) is 3.87. The van der Waals surface area contributed by atoms with Crippen molar-refractivity contribution in [2.75, 3.05) is 6.61 Å². The van der Waals surface area contributed by atoms with Crippen LogP contribution in [0.2, 0.25) is 0 Å². The van der Waals surface area contributed by atoms with E-state index in [9.17, 15) is 5.11 Å². The molecular formula is C22H33NO2. The fourth-order valence-corrected chi connectivity index (χ4v) is 2.39. The Balaban J connectivity index is 2.39. The van der Waals surface area contributed by atoms with Gasteiger partial charge in [0.2, 0.25) is 0 Å². The third-order valence-corrected chi connectivity index (χ3v) is 3.87. The molecule has 3 nitrogen and oxygen atoms in total. The van der Waals surface area contributed by atoms with E-state index < -0.39 is 6.10 Å². The van der Waals surface area contributed by atoms with Gasteiger partial charge in [-0.25, -0.2) is 4.98 Å². The van der Waals surface area contributed by atoms with E-state index >= 15 is 0 Å². The second-order valence-electron chi connectivity index (χ2n) is 6.24. The minimum atomic E-state index is -0.470. The molecule has 0 saturated carbocycles. The topological polar surface area (TPSA) is 53.4 Å². The maximum atomic E-state index is 10.0. The third kappa shape index (κ3) is 11.5. The van der Waals surface area contributed by atoms with Crippen LogP contribution in [0.15, 0.2) is 42.5 Å². The standard InChI is InChI=1S/C22H33NO2/c1-2-3-4-5-6-10-16-22(25)18-17-21-15-12-14-20(23-21)13-9-7-8-11-19-24/h6,9-10,12-15,17-18,22,24-25H,2-5,7-8,11,16,19H2,1H3/b10-6-,13-9-,18-17+. The van der Waals surface area contributed by atoms with E-state index in [4.69, 9.17) is 5.11 Å². The summed E-state index contributed by atoms with van der Waals surface area (Å²) in [5.74, 6) is 0. The zero-order chi connectivity index (χ0) is 18.2. The van der Waals surface area contributed by atoms with Crippen molar-refractivity contribution >= 4 is 12.2 Å². The Hall–Kier alpha value is -1.71. The monoisotopic (exact) mass is 343 g/mol. The molecule has 0 aliphatic rings. The Labute approximate surface area is 152 Å². The summed E-state index contributed by atoms with van der Waals surface area (Å²) in [7, 11) is 0. The maximum Gasteiger partial charge on any atom is 0.0759 e. The molecule has 1 aromatic heterocycles. The highest BCUT2D eigenvalue weighted by atomic mass is 16.3. The first-order valence-corrected chi connectivity index (χ1v) is 9.52. The molecule has 0 radical (unpaired) electrons. The molecule has 0 aromatic carbocycles. The van der Waals surface area contributed by atoms with Crippen molar-refractivity contribution in [1.29, 1.82) is 0 Å². The minimum Gasteiger partial charge on any atom is -0.396 e. The second-order valence-corrected chi connectivity index (χ2v) is 6.24. The van der Waals surface area contributed by atoms with Crippen LogP contribution in [0.5, 0.6) is 0 Å². The lowest BCUT2D eigenvalue weighted by Gasteiger charge is -2.01. The Morgan fingerprint density at radius 3 is 2.44 bits per heavy atom. The summed E-state index contributed by atoms with van der Waals surface area (Å²) in [6.07, 6.45) is 19.8. The van der Waals surface area contributed by atoms with Crippen molar-refractivity contribution in [3.63, 3.8) is 0 Å². The van der Waals surface area contributed by atoms with Crippen LogP contribution in [0.4, 0.5) is 0 Å². The Bertz CT molecular complexity index is 535. The zero-order valence-electron chi connectivity index (χ0n) is 15.5. The normalized spacial score (nSPS) is 13.4. The van der Waals surface area contributed by atoms with E-state index in [2.05, 4.69) is 30.1 Å². The molecule has 0 fully saturated rings. The number of hydrogen-bond acceptors (Lipinski definition) is 3. The minimum absolute atomic E-state index is 0.253. The van der Waals surface area contributed by atoms with Gasteiger partial charge in [0.05, 0.1) is 17.5 Å². The summed E-state index contributed by atoms with van der Waals surface area (Å²) in [4.78, 5) is 4.54. The number of aliphatic hydroxyl groups excluding tert-OH is 2. The van der Waals surface area contributed by atoms with E-state index in [-0.39, 0.29) is 6.61 Å². The van der Waals surface area contributed by atoms with Crippen molar-refractivity contribution in [2.45, 2.75) is 64.4 Å². The number of nitrogens with zero attached hydrogens (tertiary/aromatic N) is 1. The summed E-state index contributed by atoms with van der Waals surface area (Å²) < 4.78 is 0. The molecule has 0 aliphatic carbocycles. The summed E-state index contributed by atoms with van der Waals surface area (Å²) >= 11 is 0. The molecule has 0 bridgehead atoms. The molecule has 1 atom stereocenters. The summed E-state index contributed by atoms with van der Waals surface area (Å²) in [6, 6.07) is 5.88. The second kappa shape index (κ2) is 14.6. The van der Waals surface area contributed by atoms with Gasteiger partial charge in [0.15, 0.2) is 0 Å². The van der Waals surface area contributed by atoms with E-state index in [0.29, 0.717) is 6.42 Å². The fraction of sp³-hybridized carbons (Fsp3) is 0.500. The van der Waals surface area contributed by atoms with Crippen LogP contribution in [0.25, 0.3) is 12.2 Å². The molecule has 2 N–H and O–H groups in total. The quantitative estimate of drug-likeness (QED) is 0.384. The van der Waals surface area contributed by atoms with Gasteiger partial charge < -0.3 is 10.2 Å². The van der Waals surface area contributed by atoms with Crippen LogP contribution in [-0.4, -0.2) is 27.9 Å².